The second-order valence-corrected chi connectivity index (χ2v) is 10.3. The molecular formula is C24H27F2N5O3S. The van der Waals surface area contributed by atoms with E-state index in [1.807, 2.05) is 33.1 Å². The number of hydrogen-bond acceptors (Lipinski definition) is 6. The van der Waals surface area contributed by atoms with Gasteiger partial charge in [-0.3, -0.25) is 10.1 Å². The molecule has 2 aromatic heterocycles. The van der Waals surface area contributed by atoms with Crippen molar-refractivity contribution in [2.75, 3.05) is 18.4 Å². The average Bonchev–Trinajstić information content (AvgIpc) is 3.39. The number of benzene rings is 1. The molecule has 0 unspecified atom stereocenters. The fourth-order valence-corrected chi connectivity index (χ4v) is 4.69. The summed E-state index contributed by atoms with van der Waals surface area (Å²) in [6, 6.07) is 3.22. The number of carbonyl (C=O) groups excluding carboxylic acids is 2. The minimum absolute atomic E-state index is 0.0418. The highest BCUT2D eigenvalue weighted by atomic mass is 32.1. The molecule has 3 heterocycles. The maximum absolute atomic E-state index is 14.7. The van der Waals surface area contributed by atoms with Crippen molar-refractivity contribution in [2.24, 2.45) is 0 Å². The molecule has 1 saturated heterocycles. The van der Waals surface area contributed by atoms with Crippen molar-refractivity contribution in [3.8, 4) is 5.69 Å². The van der Waals surface area contributed by atoms with Gasteiger partial charge in [0, 0.05) is 30.5 Å². The van der Waals surface area contributed by atoms with Crippen LogP contribution in [0.4, 0.5) is 18.7 Å². The number of nitrogens with one attached hydrogen (secondary N) is 1. The summed E-state index contributed by atoms with van der Waals surface area (Å²) in [5, 5.41) is 9.33. The van der Waals surface area contributed by atoms with Crippen LogP contribution in [0, 0.1) is 18.6 Å². The molecule has 8 nitrogen and oxygen atoms in total. The topological polar surface area (TPSA) is 89.4 Å². The Kier molecular flexibility index (Phi) is 6.88. The third kappa shape index (κ3) is 5.67. The van der Waals surface area contributed by atoms with Crippen LogP contribution < -0.4 is 5.32 Å². The van der Waals surface area contributed by atoms with Gasteiger partial charge in [0.25, 0.3) is 5.91 Å². The Balaban J connectivity index is 1.64. The van der Waals surface area contributed by atoms with Gasteiger partial charge >= 0.3 is 6.09 Å². The number of anilines is 1. The van der Waals surface area contributed by atoms with E-state index in [2.05, 4.69) is 15.4 Å². The third-order valence-corrected chi connectivity index (χ3v) is 6.44. The number of rotatable bonds is 4. The first-order chi connectivity index (χ1) is 16.5. The fourth-order valence-electron chi connectivity index (χ4n) is 4.01. The lowest BCUT2D eigenvalue weighted by molar-refractivity contribution is 0.0203. The number of piperidine rings is 1. The van der Waals surface area contributed by atoms with Gasteiger partial charge in [-0.15, -0.1) is 11.3 Å². The Morgan fingerprint density at radius 2 is 1.91 bits per heavy atom. The van der Waals surface area contributed by atoms with Crippen molar-refractivity contribution in [2.45, 2.75) is 52.1 Å². The number of nitrogens with zero attached hydrogens (tertiary/aromatic N) is 4. The molecule has 1 fully saturated rings. The summed E-state index contributed by atoms with van der Waals surface area (Å²) in [5.41, 5.74) is 0.998. The van der Waals surface area contributed by atoms with E-state index in [1.165, 1.54) is 28.3 Å². The molecule has 0 aliphatic carbocycles. The quantitative estimate of drug-likeness (QED) is 0.523. The number of likely N-dealkylation sites (tertiary alicyclic amines) is 1. The van der Waals surface area contributed by atoms with Crippen molar-refractivity contribution in [1.29, 1.82) is 0 Å². The van der Waals surface area contributed by atoms with Crippen LogP contribution in [0.2, 0.25) is 0 Å². The lowest BCUT2D eigenvalue weighted by Gasteiger charge is -2.34. The van der Waals surface area contributed by atoms with Crippen LogP contribution in [0.3, 0.4) is 0 Å². The van der Waals surface area contributed by atoms with Crippen LogP contribution in [-0.4, -0.2) is 50.4 Å². The van der Waals surface area contributed by atoms with Gasteiger partial charge in [0.2, 0.25) is 0 Å². The second-order valence-electron chi connectivity index (χ2n) is 9.44. The number of amides is 2. The highest BCUT2D eigenvalue weighted by Crippen LogP contribution is 2.34. The van der Waals surface area contributed by atoms with Crippen LogP contribution in [-0.2, 0) is 4.74 Å². The number of ether oxygens (including phenoxy) is 1. The molecule has 0 bridgehead atoms. The predicted molar refractivity (Wildman–Crippen MR) is 128 cm³/mol. The Morgan fingerprint density at radius 3 is 2.51 bits per heavy atom. The van der Waals surface area contributed by atoms with Gasteiger partial charge in [0.1, 0.15) is 17.1 Å². The molecule has 186 valence electrons. The van der Waals surface area contributed by atoms with Gasteiger partial charge < -0.3 is 9.64 Å². The van der Waals surface area contributed by atoms with Crippen molar-refractivity contribution < 1.29 is 23.1 Å². The molecule has 3 aromatic rings. The molecule has 35 heavy (non-hydrogen) atoms. The van der Waals surface area contributed by atoms with Crippen LogP contribution >= 0.6 is 11.3 Å². The molecule has 0 spiro atoms. The van der Waals surface area contributed by atoms with Crippen LogP contribution in [0.5, 0.6) is 0 Å². The van der Waals surface area contributed by atoms with E-state index in [9.17, 15) is 18.4 Å². The molecule has 1 aromatic carbocycles. The van der Waals surface area contributed by atoms with Crippen molar-refractivity contribution in [1.82, 2.24) is 19.7 Å². The summed E-state index contributed by atoms with van der Waals surface area (Å²) in [6.45, 7) is 8.06. The second kappa shape index (κ2) is 9.73. The predicted octanol–water partition coefficient (Wildman–Crippen LogP) is 5.28. The molecule has 0 saturated carbocycles. The molecule has 1 aliphatic heterocycles. The van der Waals surface area contributed by atoms with E-state index in [-0.39, 0.29) is 17.2 Å². The van der Waals surface area contributed by atoms with E-state index in [0.29, 0.717) is 36.8 Å². The zero-order valence-corrected chi connectivity index (χ0v) is 20.8. The SMILES string of the molecule is Cc1csc(NC(=O)c2cnn(-c3ccc(F)cc3F)c2C2CCN(C(=O)OC(C)(C)C)CC2)n1. The molecule has 4 rings (SSSR count). The van der Waals surface area contributed by atoms with Gasteiger partial charge in [-0.05, 0) is 52.7 Å². The smallest absolute Gasteiger partial charge is 0.410 e. The number of thiazole rings is 1. The maximum atomic E-state index is 14.7. The van der Waals surface area contributed by atoms with Gasteiger partial charge in [-0.1, -0.05) is 0 Å². The Hall–Kier alpha value is -3.34. The van der Waals surface area contributed by atoms with Gasteiger partial charge in [0.15, 0.2) is 10.9 Å². The van der Waals surface area contributed by atoms with Crippen LogP contribution in [0.15, 0.2) is 29.8 Å². The minimum Gasteiger partial charge on any atom is -0.444 e. The summed E-state index contributed by atoms with van der Waals surface area (Å²) in [7, 11) is 0. The standard InChI is InChI=1S/C24H27F2N5O3S/c1-14-13-35-22(28-14)29-21(32)17-12-27-31(19-6-5-16(25)11-18(19)26)20(17)15-7-9-30(10-8-15)23(33)34-24(2,3)4/h5-6,11-13,15H,7-10H2,1-4H3,(H,28,29,32). The molecule has 11 heteroatoms. The zero-order valence-electron chi connectivity index (χ0n) is 20.0. The van der Waals surface area contributed by atoms with E-state index >= 15 is 0 Å². The number of aromatic nitrogens is 3. The number of carbonyl (C=O) groups is 2. The monoisotopic (exact) mass is 503 g/mol. The average molecular weight is 504 g/mol. The third-order valence-electron chi connectivity index (χ3n) is 5.56. The highest BCUT2D eigenvalue weighted by Gasteiger charge is 2.32. The fraction of sp³-hybridized carbons (Fsp3) is 0.417. The van der Waals surface area contributed by atoms with Crippen molar-refractivity contribution >= 4 is 28.5 Å². The number of hydrogen-bond donors (Lipinski definition) is 1. The van der Waals surface area contributed by atoms with E-state index in [1.54, 1.807) is 4.90 Å². The number of halogens is 2. The number of aryl methyl sites for hydroxylation is 1. The van der Waals surface area contributed by atoms with Gasteiger partial charge in [-0.2, -0.15) is 5.10 Å². The van der Waals surface area contributed by atoms with E-state index in [0.717, 1.165) is 17.8 Å². The first-order valence-corrected chi connectivity index (χ1v) is 12.1. The summed E-state index contributed by atoms with van der Waals surface area (Å²) in [5.74, 6) is -2.11. The van der Waals surface area contributed by atoms with Crippen LogP contribution in [0.1, 0.15) is 61.3 Å². The highest BCUT2D eigenvalue weighted by molar-refractivity contribution is 7.13. The summed E-state index contributed by atoms with van der Waals surface area (Å²) >= 11 is 1.30. The van der Waals surface area contributed by atoms with Crippen molar-refractivity contribution in [3.63, 3.8) is 0 Å². The Labute approximate surface area is 205 Å². The normalized spacial score (nSPS) is 14.7. The lowest BCUT2D eigenvalue weighted by atomic mass is 9.91. The Bertz CT molecular complexity index is 1240. The van der Waals surface area contributed by atoms with Crippen LogP contribution in [0.25, 0.3) is 5.69 Å². The molecule has 1 aliphatic rings. The molecule has 0 radical (unpaired) electrons. The summed E-state index contributed by atoms with van der Waals surface area (Å²) in [6.07, 6.45) is 2.02. The first-order valence-electron chi connectivity index (χ1n) is 11.3. The van der Waals surface area contributed by atoms with Gasteiger partial charge in [-0.25, -0.2) is 23.2 Å². The van der Waals surface area contributed by atoms with Gasteiger partial charge in [0.05, 0.1) is 23.1 Å². The summed E-state index contributed by atoms with van der Waals surface area (Å²) in [4.78, 5) is 31.5. The van der Waals surface area contributed by atoms with E-state index in [4.69, 9.17) is 4.74 Å². The zero-order chi connectivity index (χ0) is 25.3. The molecular weight excluding hydrogens is 476 g/mol. The molecule has 0 atom stereocenters. The summed E-state index contributed by atoms with van der Waals surface area (Å²) < 4.78 is 35.1. The molecule has 1 N–H and O–H groups in total. The molecule has 2 amide bonds. The maximum Gasteiger partial charge on any atom is 0.410 e. The largest absolute Gasteiger partial charge is 0.444 e. The van der Waals surface area contributed by atoms with E-state index < -0.39 is 29.2 Å². The Morgan fingerprint density at radius 1 is 1.20 bits per heavy atom. The van der Waals surface area contributed by atoms with Crippen molar-refractivity contribution in [3.05, 3.63) is 58.4 Å². The lowest BCUT2D eigenvalue weighted by Crippen LogP contribution is -2.41. The first kappa shape index (κ1) is 24.8. The minimum atomic E-state index is -0.789.